The van der Waals surface area contributed by atoms with Crippen LogP contribution in [0.25, 0.3) is 0 Å². The largest absolute Gasteiger partial charge is 0.458 e. The topological polar surface area (TPSA) is 49.9 Å². The SMILES string of the molecule is CC(C)[C@@H](C(=O)OC(C)(C)C)N1CCCC2(CCN(C(c3ccccc3)(c3ccccc3)c3ccccc3)C2)C1=O. The summed E-state index contributed by atoms with van der Waals surface area (Å²) in [4.78, 5) is 32.3. The van der Waals surface area contributed by atoms with E-state index in [1.165, 1.54) is 16.7 Å². The van der Waals surface area contributed by atoms with Gasteiger partial charge in [-0.2, -0.15) is 0 Å². The van der Waals surface area contributed by atoms with E-state index in [1.54, 1.807) is 0 Å². The van der Waals surface area contributed by atoms with E-state index >= 15 is 0 Å². The van der Waals surface area contributed by atoms with Crippen molar-refractivity contribution in [3.63, 3.8) is 0 Å². The van der Waals surface area contributed by atoms with E-state index in [0.29, 0.717) is 13.1 Å². The van der Waals surface area contributed by atoms with Crippen LogP contribution in [0.3, 0.4) is 0 Å². The third kappa shape index (κ3) is 5.44. The van der Waals surface area contributed by atoms with Gasteiger partial charge in [-0.15, -0.1) is 0 Å². The molecule has 5 nitrogen and oxygen atoms in total. The first kappa shape index (κ1) is 29.1. The lowest BCUT2D eigenvalue weighted by molar-refractivity contribution is -0.171. The minimum Gasteiger partial charge on any atom is -0.458 e. The van der Waals surface area contributed by atoms with Crippen molar-refractivity contribution in [2.24, 2.45) is 11.3 Å². The third-order valence-corrected chi connectivity index (χ3v) is 8.79. The van der Waals surface area contributed by atoms with Crippen molar-refractivity contribution in [3.05, 3.63) is 108 Å². The lowest BCUT2D eigenvalue weighted by atomic mass is 9.74. The quantitative estimate of drug-likeness (QED) is 0.243. The standard InChI is InChI=1S/C36H44N2O3/c1-27(2)31(32(39)41-34(3,4)5)38-24-15-22-35(33(38)40)23-25-37(26-35)36(28-16-9-6-10-17-28,29-18-11-7-12-19-29)30-20-13-8-14-21-30/h6-14,16-21,27,31H,15,22-26H2,1-5H3/t31-,35?/m0/s1. The molecule has 2 atom stereocenters. The molecule has 1 spiro atoms. The second-order valence-corrected chi connectivity index (χ2v) is 13.1. The number of hydrogen-bond donors (Lipinski definition) is 0. The molecule has 0 saturated carbocycles. The summed E-state index contributed by atoms with van der Waals surface area (Å²) in [6, 6.07) is 31.4. The molecule has 2 heterocycles. The fraction of sp³-hybridized carbons (Fsp3) is 0.444. The molecule has 41 heavy (non-hydrogen) atoms. The van der Waals surface area contributed by atoms with Gasteiger partial charge in [0, 0.05) is 19.6 Å². The van der Waals surface area contributed by atoms with Crippen LogP contribution in [0.1, 0.15) is 70.6 Å². The summed E-state index contributed by atoms with van der Waals surface area (Å²) in [5, 5.41) is 0. The minimum atomic E-state index is -0.606. The first-order valence-electron chi connectivity index (χ1n) is 15.0. The second kappa shape index (κ2) is 11.4. The Labute approximate surface area is 245 Å². The van der Waals surface area contributed by atoms with Crippen LogP contribution in [-0.2, 0) is 19.9 Å². The normalized spacial score (nSPS) is 20.9. The van der Waals surface area contributed by atoms with Crippen molar-refractivity contribution in [3.8, 4) is 0 Å². The molecule has 1 amide bonds. The Balaban J connectivity index is 1.57. The average molecular weight is 553 g/mol. The number of nitrogens with zero attached hydrogens (tertiary/aromatic N) is 2. The number of amides is 1. The van der Waals surface area contributed by atoms with E-state index < -0.39 is 22.6 Å². The Kier molecular flexibility index (Phi) is 8.11. The number of likely N-dealkylation sites (tertiary alicyclic amines) is 2. The van der Waals surface area contributed by atoms with E-state index in [1.807, 2.05) is 39.5 Å². The molecule has 2 fully saturated rings. The zero-order valence-electron chi connectivity index (χ0n) is 25.2. The van der Waals surface area contributed by atoms with E-state index in [0.717, 1.165) is 25.8 Å². The maximum Gasteiger partial charge on any atom is 0.329 e. The number of carbonyl (C=O) groups is 2. The van der Waals surface area contributed by atoms with Crippen LogP contribution >= 0.6 is 0 Å². The molecule has 2 aliphatic rings. The summed E-state index contributed by atoms with van der Waals surface area (Å²) >= 11 is 0. The first-order valence-corrected chi connectivity index (χ1v) is 15.0. The lowest BCUT2D eigenvalue weighted by Crippen LogP contribution is -2.59. The summed E-state index contributed by atoms with van der Waals surface area (Å²) in [5.41, 5.74) is 1.84. The van der Waals surface area contributed by atoms with Crippen LogP contribution in [-0.4, -0.2) is 53.0 Å². The molecule has 2 saturated heterocycles. The first-order chi connectivity index (χ1) is 19.6. The summed E-state index contributed by atoms with van der Waals surface area (Å²) in [6.45, 7) is 11.7. The minimum absolute atomic E-state index is 0.0431. The van der Waals surface area contributed by atoms with E-state index in [4.69, 9.17) is 4.74 Å². The number of rotatable bonds is 7. The lowest BCUT2D eigenvalue weighted by Gasteiger charge is -2.47. The van der Waals surface area contributed by atoms with E-state index in [9.17, 15) is 9.59 Å². The Bertz CT molecular complexity index is 1240. The van der Waals surface area contributed by atoms with Crippen molar-refractivity contribution in [1.29, 1.82) is 0 Å². The Morgan fingerprint density at radius 1 is 0.780 bits per heavy atom. The summed E-state index contributed by atoms with van der Waals surface area (Å²) in [7, 11) is 0. The summed E-state index contributed by atoms with van der Waals surface area (Å²) in [6.07, 6.45) is 2.46. The molecule has 0 bridgehead atoms. The maximum absolute atomic E-state index is 14.5. The van der Waals surface area contributed by atoms with Gasteiger partial charge in [-0.25, -0.2) is 4.79 Å². The van der Waals surface area contributed by atoms with Crippen molar-refractivity contribution < 1.29 is 14.3 Å². The molecular formula is C36H44N2O3. The zero-order valence-corrected chi connectivity index (χ0v) is 25.2. The van der Waals surface area contributed by atoms with E-state index in [2.05, 4.69) is 95.9 Å². The Morgan fingerprint density at radius 2 is 1.27 bits per heavy atom. The van der Waals surface area contributed by atoms with Gasteiger partial charge in [0.1, 0.15) is 11.6 Å². The fourth-order valence-electron chi connectivity index (χ4n) is 7.11. The van der Waals surface area contributed by atoms with Gasteiger partial charge in [-0.3, -0.25) is 9.69 Å². The van der Waals surface area contributed by atoms with Gasteiger partial charge in [0.25, 0.3) is 0 Å². The van der Waals surface area contributed by atoms with Crippen LogP contribution in [0, 0.1) is 11.3 Å². The third-order valence-electron chi connectivity index (χ3n) is 8.79. The monoisotopic (exact) mass is 552 g/mol. The van der Waals surface area contributed by atoms with Crippen molar-refractivity contribution in [2.75, 3.05) is 19.6 Å². The number of piperidine rings is 1. The molecule has 3 aromatic rings. The molecular weight excluding hydrogens is 508 g/mol. The van der Waals surface area contributed by atoms with Gasteiger partial charge in [-0.05, 0) is 62.6 Å². The predicted molar refractivity (Wildman–Crippen MR) is 163 cm³/mol. The Morgan fingerprint density at radius 3 is 1.71 bits per heavy atom. The van der Waals surface area contributed by atoms with Gasteiger partial charge in [0.15, 0.2) is 0 Å². The fourth-order valence-corrected chi connectivity index (χ4v) is 7.11. The van der Waals surface area contributed by atoms with Crippen molar-refractivity contribution >= 4 is 11.9 Å². The van der Waals surface area contributed by atoms with Crippen molar-refractivity contribution in [1.82, 2.24) is 9.80 Å². The number of esters is 1. The van der Waals surface area contributed by atoms with Gasteiger partial charge in [0.2, 0.25) is 5.91 Å². The highest BCUT2D eigenvalue weighted by Gasteiger charge is 2.56. The number of benzene rings is 3. The zero-order chi connectivity index (χ0) is 29.3. The molecule has 0 radical (unpaired) electrons. The van der Waals surface area contributed by atoms with Crippen LogP contribution in [0.2, 0.25) is 0 Å². The number of ether oxygens (including phenoxy) is 1. The molecule has 0 N–H and O–H groups in total. The van der Waals surface area contributed by atoms with Crippen LogP contribution in [0.15, 0.2) is 91.0 Å². The van der Waals surface area contributed by atoms with Crippen LogP contribution in [0.5, 0.6) is 0 Å². The number of hydrogen-bond acceptors (Lipinski definition) is 4. The highest BCUT2D eigenvalue weighted by molar-refractivity contribution is 5.89. The van der Waals surface area contributed by atoms with Gasteiger partial charge in [-0.1, -0.05) is 105 Å². The van der Waals surface area contributed by atoms with Crippen LogP contribution in [0.4, 0.5) is 0 Å². The molecule has 5 rings (SSSR count). The predicted octanol–water partition coefficient (Wildman–Crippen LogP) is 6.66. The molecule has 1 unspecified atom stereocenters. The smallest absolute Gasteiger partial charge is 0.329 e. The summed E-state index contributed by atoms with van der Waals surface area (Å²) < 4.78 is 5.82. The van der Waals surface area contributed by atoms with Crippen molar-refractivity contribution in [2.45, 2.75) is 71.1 Å². The molecule has 0 aromatic heterocycles. The molecule has 2 aliphatic heterocycles. The highest BCUT2D eigenvalue weighted by Crippen LogP contribution is 2.50. The van der Waals surface area contributed by atoms with Gasteiger partial charge < -0.3 is 9.64 Å². The van der Waals surface area contributed by atoms with E-state index in [-0.39, 0.29) is 17.8 Å². The molecule has 216 valence electrons. The molecule has 5 heteroatoms. The number of carbonyl (C=O) groups excluding carboxylic acids is 2. The average Bonchev–Trinajstić information content (AvgIpc) is 3.37. The Hall–Kier alpha value is -3.44. The van der Waals surface area contributed by atoms with Crippen LogP contribution < -0.4 is 0 Å². The molecule has 3 aromatic carbocycles. The van der Waals surface area contributed by atoms with Gasteiger partial charge >= 0.3 is 5.97 Å². The highest BCUT2D eigenvalue weighted by atomic mass is 16.6. The maximum atomic E-state index is 14.5. The van der Waals surface area contributed by atoms with Gasteiger partial charge in [0.05, 0.1) is 11.0 Å². The summed E-state index contributed by atoms with van der Waals surface area (Å²) in [5.74, 6) is -0.252. The second-order valence-electron chi connectivity index (χ2n) is 13.1. The molecule has 0 aliphatic carbocycles.